The van der Waals surface area contributed by atoms with E-state index in [1.54, 1.807) is 0 Å². The van der Waals surface area contributed by atoms with Crippen LogP contribution in [0, 0.1) is 19.8 Å². The Hall–Kier alpha value is -1.36. The smallest absolute Gasteiger partial charge is 0.259 e. The minimum Gasteiger partial charge on any atom is -0.361 e. The Balaban J connectivity index is 1.74. The van der Waals surface area contributed by atoms with E-state index in [1.807, 2.05) is 18.7 Å². The summed E-state index contributed by atoms with van der Waals surface area (Å²) in [7, 11) is 0. The van der Waals surface area contributed by atoms with Crippen molar-refractivity contribution in [2.45, 2.75) is 45.6 Å². The number of rotatable bonds is 5. The molecule has 1 N–H and O–H groups in total. The van der Waals surface area contributed by atoms with E-state index in [2.05, 4.69) is 10.5 Å². The number of hydrogen-bond acceptors (Lipinski definition) is 4. The second kappa shape index (κ2) is 5.56. The maximum Gasteiger partial charge on any atom is 0.259 e. The zero-order valence-corrected chi connectivity index (χ0v) is 12.3. The van der Waals surface area contributed by atoms with Gasteiger partial charge in [-0.25, -0.2) is 0 Å². The molecule has 0 spiro atoms. The van der Waals surface area contributed by atoms with Crippen molar-refractivity contribution < 1.29 is 9.32 Å². The fraction of sp³-hybridized carbons (Fsp3) is 0.733. The highest BCUT2D eigenvalue weighted by molar-refractivity contribution is 5.96. The fourth-order valence-corrected chi connectivity index (χ4v) is 2.98. The van der Waals surface area contributed by atoms with Crippen LogP contribution in [0.2, 0.25) is 0 Å². The summed E-state index contributed by atoms with van der Waals surface area (Å²) in [6.07, 6.45) is 4.88. The summed E-state index contributed by atoms with van der Waals surface area (Å²) < 4.78 is 5.14. The first kappa shape index (κ1) is 13.6. The molecule has 0 radical (unpaired) electrons. The normalized spacial score (nSPS) is 22.2. The lowest BCUT2D eigenvalue weighted by molar-refractivity contribution is 0.0731. The fourth-order valence-electron chi connectivity index (χ4n) is 2.98. The van der Waals surface area contributed by atoms with Crippen LogP contribution in [-0.2, 0) is 0 Å². The molecule has 1 unspecified atom stereocenters. The van der Waals surface area contributed by atoms with E-state index in [1.165, 1.54) is 19.3 Å². The van der Waals surface area contributed by atoms with Crippen LogP contribution in [0.4, 0.5) is 0 Å². The topological polar surface area (TPSA) is 58.4 Å². The molecule has 0 bridgehead atoms. The van der Waals surface area contributed by atoms with Crippen molar-refractivity contribution in [3.63, 3.8) is 0 Å². The Morgan fingerprint density at radius 2 is 2.15 bits per heavy atom. The molecule has 5 heteroatoms. The van der Waals surface area contributed by atoms with Crippen LogP contribution in [0.3, 0.4) is 0 Å². The minimum absolute atomic E-state index is 0.0850. The van der Waals surface area contributed by atoms with Crippen LogP contribution < -0.4 is 5.32 Å². The molecule has 5 nitrogen and oxygen atoms in total. The molecule has 1 aliphatic carbocycles. The molecule has 1 saturated heterocycles. The number of aromatic nitrogens is 1. The highest BCUT2D eigenvalue weighted by Crippen LogP contribution is 2.31. The summed E-state index contributed by atoms with van der Waals surface area (Å²) in [5, 5.41) is 7.39. The standard InChI is InChI=1S/C15H23N3O2/c1-10-14(11(2)20-17-10)15(19)18(8-12-5-6-12)9-13-4-3-7-16-13/h12-13,16H,3-9H2,1-2H3. The highest BCUT2D eigenvalue weighted by atomic mass is 16.5. The van der Waals surface area contributed by atoms with Gasteiger partial charge in [-0.2, -0.15) is 0 Å². The zero-order chi connectivity index (χ0) is 14.1. The van der Waals surface area contributed by atoms with Gasteiger partial charge in [0.1, 0.15) is 11.3 Å². The molecule has 2 heterocycles. The molecule has 1 amide bonds. The van der Waals surface area contributed by atoms with Crippen LogP contribution >= 0.6 is 0 Å². The Morgan fingerprint density at radius 3 is 2.70 bits per heavy atom. The van der Waals surface area contributed by atoms with Crippen molar-refractivity contribution >= 4 is 5.91 Å². The Morgan fingerprint density at radius 1 is 1.35 bits per heavy atom. The van der Waals surface area contributed by atoms with Gasteiger partial charge in [0.2, 0.25) is 0 Å². The second-order valence-electron chi connectivity index (χ2n) is 6.15. The minimum atomic E-state index is 0.0850. The molecule has 1 atom stereocenters. The Bertz CT molecular complexity index is 468. The van der Waals surface area contributed by atoms with E-state index in [-0.39, 0.29) is 5.91 Å². The van der Waals surface area contributed by atoms with Gasteiger partial charge in [-0.1, -0.05) is 5.16 Å². The lowest BCUT2D eigenvalue weighted by Gasteiger charge is -2.26. The average molecular weight is 277 g/mol. The van der Waals surface area contributed by atoms with Gasteiger partial charge in [0, 0.05) is 19.1 Å². The van der Waals surface area contributed by atoms with E-state index < -0.39 is 0 Å². The highest BCUT2D eigenvalue weighted by Gasteiger charge is 2.31. The molecule has 0 aromatic carbocycles. The summed E-state index contributed by atoms with van der Waals surface area (Å²) in [6, 6.07) is 0.443. The van der Waals surface area contributed by atoms with Gasteiger partial charge in [-0.05, 0) is 52.0 Å². The van der Waals surface area contributed by atoms with Crippen LogP contribution in [0.1, 0.15) is 47.5 Å². The van der Waals surface area contributed by atoms with Gasteiger partial charge in [0.15, 0.2) is 0 Å². The Kier molecular flexibility index (Phi) is 3.78. The first-order valence-corrected chi connectivity index (χ1v) is 7.60. The number of carbonyl (C=O) groups is 1. The number of carbonyl (C=O) groups excluding carboxylic acids is 1. The molecule has 3 rings (SSSR count). The molecule has 1 aromatic heterocycles. The van der Waals surface area contributed by atoms with E-state index in [4.69, 9.17) is 4.52 Å². The van der Waals surface area contributed by atoms with Gasteiger partial charge in [-0.15, -0.1) is 0 Å². The van der Waals surface area contributed by atoms with Gasteiger partial charge in [0.05, 0.1) is 5.69 Å². The molecule has 20 heavy (non-hydrogen) atoms. The van der Waals surface area contributed by atoms with Crippen molar-refractivity contribution in [1.82, 2.24) is 15.4 Å². The van der Waals surface area contributed by atoms with Gasteiger partial charge in [-0.3, -0.25) is 4.79 Å². The summed E-state index contributed by atoms with van der Waals surface area (Å²) in [5.74, 6) is 1.41. The van der Waals surface area contributed by atoms with Gasteiger partial charge in [0.25, 0.3) is 5.91 Å². The largest absolute Gasteiger partial charge is 0.361 e. The number of hydrogen-bond donors (Lipinski definition) is 1. The molecule has 1 aromatic rings. The third-order valence-electron chi connectivity index (χ3n) is 4.31. The van der Waals surface area contributed by atoms with Crippen molar-refractivity contribution in [2.75, 3.05) is 19.6 Å². The van der Waals surface area contributed by atoms with Gasteiger partial charge >= 0.3 is 0 Å². The summed E-state index contributed by atoms with van der Waals surface area (Å²) in [5.41, 5.74) is 1.36. The predicted molar refractivity (Wildman–Crippen MR) is 75.6 cm³/mol. The molecule has 2 aliphatic rings. The number of aryl methyl sites for hydroxylation is 2. The SMILES string of the molecule is Cc1noc(C)c1C(=O)N(CC1CC1)CC1CCCN1. The molecule has 110 valence electrons. The van der Waals surface area contributed by atoms with Crippen molar-refractivity contribution in [1.29, 1.82) is 0 Å². The van der Waals surface area contributed by atoms with Gasteiger partial charge < -0.3 is 14.7 Å². The monoisotopic (exact) mass is 277 g/mol. The number of nitrogens with zero attached hydrogens (tertiary/aromatic N) is 2. The van der Waals surface area contributed by atoms with E-state index >= 15 is 0 Å². The summed E-state index contributed by atoms with van der Waals surface area (Å²) in [6.45, 7) is 6.41. The third-order valence-corrected chi connectivity index (χ3v) is 4.31. The molecule has 2 fully saturated rings. The summed E-state index contributed by atoms with van der Waals surface area (Å²) in [4.78, 5) is 14.8. The number of nitrogens with one attached hydrogen (secondary N) is 1. The lowest BCUT2D eigenvalue weighted by atomic mass is 10.1. The first-order valence-electron chi connectivity index (χ1n) is 7.60. The van der Waals surface area contributed by atoms with Crippen LogP contribution in [0.25, 0.3) is 0 Å². The number of amides is 1. The quantitative estimate of drug-likeness (QED) is 0.893. The van der Waals surface area contributed by atoms with Crippen LogP contribution in [-0.4, -0.2) is 41.6 Å². The maximum atomic E-state index is 12.8. The van der Waals surface area contributed by atoms with Crippen molar-refractivity contribution in [3.05, 3.63) is 17.0 Å². The van der Waals surface area contributed by atoms with Crippen LogP contribution in [0.5, 0.6) is 0 Å². The first-order chi connectivity index (χ1) is 9.65. The van der Waals surface area contributed by atoms with Crippen LogP contribution in [0.15, 0.2) is 4.52 Å². The molecular formula is C15H23N3O2. The lowest BCUT2D eigenvalue weighted by Crippen LogP contribution is -2.42. The third kappa shape index (κ3) is 2.87. The maximum absolute atomic E-state index is 12.8. The molecular weight excluding hydrogens is 254 g/mol. The van der Waals surface area contributed by atoms with Crippen molar-refractivity contribution in [2.24, 2.45) is 5.92 Å². The van der Waals surface area contributed by atoms with E-state index in [9.17, 15) is 4.79 Å². The van der Waals surface area contributed by atoms with E-state index in [0.717, 1.165) is 26.1 Å². The van der Waals surface area contributed by atoms with E-state index in [0.29, 0.717) is 29.0 Å². The summed E-state index contributed by atoms with van der Waals surface area (Å²) >= 11 is 0. The Labute approximate surface area is 119 Å². The molecule has 1 saturated carbocycles. The molecule has 1 aliphatic heterocycles. The second-order valence-corrected chi connectivity index (χ2v) is 6.15. The zero-order valence-electron chi connectivity index (χ0n) is 12.3. The van der Waals surface area contributed by atoms with Crippen molar-refractivity contribution in [3.8, 4) is 0 Å². The average Bonchev–Trinajstić information content (AvgIpc) is 2.96. The predicted octanol–water partition coefficient (Wildman–Crippen LogP) is 1.90.